The smallest absolute Gasteiger partial charge is 0.0914 e. The summed E-state index contributed by atoms with van der Waals surface area (Å²) < 4.78 is 0. The lowest BCUT2D eigenvalue weighted by molar-refractivity contribution is 0.174. The average Bonchev–Trinajstić information content (AvgIpc) is 2.47. The molecule has 0 spiro atoms. The fraction of sp³-hybridized carbons (Fsp3) is 0.368. The van der Waals surface area contributed by atoms with Gasteiger partial charge in [0.1, 0.15) is 0 Å². The molecule has 0 aromatic heterocycles. The van der Waals surface area contributed by atoms with Gasteiger partial charge < -0.3 is 10.4 Å². The van der Waals surface area contributed by atoms with E-state index in [2.05, 4.69) is 50.4 Å². The molecule has 2 N–H and O–H groups in total. The second-order valence-electron chi connectivity index (χ2n) is 6.65. The molecule has 0 aliphatic carbocycles. The van der Waals surface area contributed by atoms with Crippen molar-refractivity contribution in [3.8, 4) is 0 Å². The highest BCUT2D eigenvalue weighted by atomic mass is 35.5. The molecule has 2 aromatic rings. The van der Waals surface area contributed by atoms with E-state index in [9.17, 15) is 5.11 Å². The van der Waals surface area contributed by atoms with Gasteiger partial charge >= 0.3 is 0 Å². The molecule has 0 heterocycles. The maximum Gasteiger partial charge on any atom is 0.0914 e. The molecule has 2 nitrogen and oxygen atoms in total. The van der Waals surface area contributed by atoms with Gasteiger partial charge in [0.15, 0.2) is 0 Å². The predicted octanol–water partition coefficient (Wildman–Crippen LogP) is 4.46. The number of hydrogen-bond acceptors (Lipinski definition) is 2. The normalized spacial score (nSPS) is 13.1. The standard InChI is InChI=1S/C19H24ClNO/c1-19(2,3)16-8-4-14(5-9-16)12-21-13-18(22)15-6-10-17(20)11-7-15/h4-11,18,21-22H,12-13H2,1-3H3/t18-/m1/s1. The van der Waals surface area contributed by atoms with Crippen LogP contribution in [0.3, 0.4) is 0 Å². The minimum atomic E-state index is -0.522. The Hall–Kier alpha value is -1.35. The zero-order chi connectivity index (χ0) is 16.2. The maximum absolute atomic E-state index is 10.1. The Morgan fingerprint density at radius 2 is 1.59 bits per heavy atom. The van der Waals surface area contributed by atoms with Crippen LogP contribution in [0.5, 0.6) is 0 Å². The van der Waals surface area contributed by atoms with Gasteiger partial charge in [0.25, 0.3) is 0 Å². The van der Waals surface area contributed by atoms with Crippen LogP contribution in [-0.4, -0.2) is 11.7 Å². The van der Waals surface area contributed by atoms with Gasteiger partial charge in [-0.1, -0.05) is 68.8 Å². The number of aliphatic hydroxyl groups excluding tert-OH is 1. The average molecular weight is 318 g/mol. The Kier molecular flexibility index (Phi) is 5.63. The highest BCUT2D eigenvalue weighted by molar-refractivity contribution is 6.30. The van der Waals surface area contributed by atoms with Gasteiger partial charge in [0.2, 0.25) is 0 Å². The van der Waals surface area contributed by atoms with Crippen molar-refractivity contribution < 1.29 is 5.11 Å². The predicted molar refractivity (Wildman–Crippen MR) is 93.3 cm³/mol. The Morgan fingerprint density at radius 3 is 2.14 bits per heavy atom. The molecular weight excluding hydrogens is 294 g/mol. The van der Waals surface area contributed by atoms with Gasteiger partial charge in [0.05, 0.1) is 6.10 Å². The molecule has 0 saturated carbocycles. The summed E-state index contributed by atoms with van der Waals surface area (Å²) in [4.78, 5) is 0. The quantitative estimate of drug-likeness (QED) is 0.853. The topological polar surface area (TPSA) is 32.3 Å². The molecule has 2 rings (SSSR count). The van der Waals surface area contributed by atoms with Crippen LogP contribution in [0.2, 0.25) is 5.02 Å². The molecule has 22 heavy (non-hydrogen) atoms. The summed E-state index contributed by atoms with van der Waals surface area (Å²) in [6.45, 7) is 7.89. The van der Waals surface area contributed by atoms with Crippen LogP contribution in [0.1, 0.15) is 43.6 Å². The molecular formula is C19H24ClNO. The van der Waals surface area contributed by atoms with E-state index in [-0.39, 0.29) is 5.41 Å². The third kappa shape index (κ3) is 4.84. The molecule has 0 fully saturated rings. The minimum absolute atomic E-state index is 0.177. The van der Waals surface area contributed by atoms with Crippen molar-refractivity contribution in [2.24, 2.45) is 0 Å². The Balaban J connectivity index is 1.84. The zero-order valence-electron chi connectivity index (χ0n) is 13.4. The number of rotatable bonds is 5. The van der Waals surface area contributed by atoms with E-state index < -0.39 is 6.10 Å². The van der Waals surface area contributed by atoms with Crippen molar-refractivity contribution in [2.75, 3.05) is 6.54 Å². The van der Waals surface area contributed by atoms with Gasteiger partial charge in [-0.15, -0.1) is 0 Å². The first-order chi connectivity index (χ1) is 10.4. The summed E-state index contributed by atoms with van der Waals surface area (Å²) in [5.41, 5.74) is 3.60. The molecule has 2 aromatic carbocycles. The Morgan fingerprint density at radius 1 is 1.00 bits per heavy atom. The SMILES string of the molecule is CC(C)(C)c1ccc(CNC[C@@H](O)c2ccc(Cl)cc2)cc1. The van der Waals surface area contributed by atoms with E-state index in [1.165, 1.54) is 11.1 Å². The number of nitrogens with one attached hydrogen (secondary N) is 1. The van der Waals surface area contributed by atoms with Gasteiger partial charge in [-0.05, 0) is 34.2 Å². The van der Waals surface area contributed by atoms with Gasteiger partial charge in [-0.3, -0.25) is 0 Å². The van der Waals surface area contributed by atoms with Crippen LogP contribution in [-0.2, 0) is 12.0 Å². The summed E-state index contributed by atoms with van der Waals surface area (Å²) in [7, 11) is 0. The van der Waals surface area contributed by atoms with Crippen LogP contribution < -0.4 is 5.32 Å². The van der Waals surface area contributed by atoms with E-state index in [0.717, 1.165) is 12.1 Å². The highest BCUT2D eigenvalue weighted by Crippen LogP contribution is 2.22. The summed E-state index contributed by atoms with van der Waals surface area (Å²) in [5.74, 6) is 0. The van der Waals surface area contributed by atoms with E-state index in [1.807, 2.05) is 12.1 Å². The van der Waals surface area contributed by atoms with Crippen LogP contribution in [0.4, 0.5) is 0 Å². The summed E-state index contributed by atoms with van der Waals surface area (Å²) in [6.07, 6.45) is -0.522. The van der Waals surface area contributed by atoms with Crippen molar-refractivity contribution in [1.29, 1.82) is 0 Å². The summed E-state index contributed by atoms with van der Waals surface area (Å²) in [6, 6.07) is 15.9. The van der Waals surface area contributed by atoms with E-state index in [1.54, 1.807) is 12.1 Å². The number of benzene rings is 2. The molecule has 0 radical (unpaired) electrons. The third-order valence-electron chi connectivity index (χ3n) is 3.74. The van der Waals surface area contributed by atoms with E-state index in [4.69, 9.17) is 11.6 Å². The highest BCUT2D eigenvalue weighted by Gasteiger charge is 2.12. The van der Waals surface area contributed by atoms with Crippen LogP contribution in [0, 0.1) is 0 Å². The maximum atomic E-state index is 10.1. The molecule has 118 valence electrons. The second-order valence-corrected chi connectivity index (χ2v) is 7.08. The first kappa shape index (κ1) is 17.0. The summed E-state index contributed by atoms with van der Waals surface area (Å²) in [5, 5.41) is 14.1. The Bertz CT molecular complexity index is 584. The zero-order valence-corrected chi connectivity index (χ0v) is 14.2. The molecule has 1 atom stereocenters. The van der Waals surface area contributed by atoms with Crippen LogP contribution in [0.15, 0.2) is 48.5 Å². The largest absolute Gasteiger partial charge is 0.387 e. The molecule has 0 aliphatic heterocycles. The van der Waals surface area contributed by atoms with E-state index in [0.29, 0.717) is 11.6 Å². The first-order valence-electron chi connectivity index (χ1n) is 7.60. The molecule has 3 heteroatoms. The molecule has 0 amide bonds. The van der Waals surface area contributed by atoms with E-state index >= 15 is 0 Å². The van der Waals surface area contributed by atoms with Gasteiger partial charge in [0, 0.05) is 18.1 Å². The fourth-order valence-corrected chi connectivity index (χ4v) is 2.40. The molecule has 0 unspecified atom stereocenters. The van der Waals surface area contributed by atoms with Crippen molar-refractivity contribution in [1.82, 2.24) is 5.32 Å². The first-order valence-corrected chi connectivity index (χ1v) is 7.98. The van der Waals surface area contributed by atoms with Gasteiger partial charge in [-0.2, -0.15) is 0 Å². The lowest BCUT2D eigenvalue weighted by Crippen LogP contribution is -2.21. The molecule has 0 aliphatic rings. The fourth-order valence-electron chi connectivity index (χ4n) is 2.28. The van der Waals surface area contributed by atoms with Crippen molar-refractivity contribution in [3.63, 3.8) is 0 Å². The Labute approximate surface area is 138 Å². The monoisotopic (exact) mass is 317 g/mol. The van der Waals surface area contributed by atoms with Crippen molar-refractivity contribution in [2.45, 2.75) is 38.8 Å². The molecule has 0 saturated heterocycles. The lowest BCUT2D eigenvalue weighted by atomic mass is 9.87. The van der Waals surface area contributed by atoms with Crippen molar-refractivity contribution >= 4 is 11.6 Å². The summed E-state index contributed by atoms with van der Waals surface area (Å²) >= 11 is 5.85. The number of hydrogen-bond donors (Lipinski definition) is 2. The third-order valence-corrected chi connectivity index (χ3v) is 3.99. The molecule has 0 bridgehead atoms. The second kappa shape index (κ2) is 7.28. The number of aliphatic hydroxyl groups is 1. The van der Waals surface area contributed by atoms with Gasteiger partial charge in [-0.25, -0.2) is 0 Å². The number of halogens is 1. The van der Waals surface area contributed by atoms with Crippen LogP contribution >= 0.6 is 11.6 Å². The van der Waals surface area contributed by atoms with Crippen molar-refractivity contribution in [3.05, 3.63) is 70.2 Å². The lowest BCUT2D eigenvalue weighted by Gasteiger charge is -2.19. The minimum Gasteiger partial charge on any atom is -0.387 e. The van der Waals surface area contributed by atoms with Crippen LogP contribution in [0.25, 0.3) is 0 Å².